The second-order valence-corrected chi connectivity index (χ2v) is 5.11. The number of benzene rings is 1. The molecule has 2 amide bonds. The highest BCUT2D eigenvalue weighted by atomic mass is 32.2. The van der Waals surface area contributed by atoms with Crippen LogP contribution in [0.5, 0.6) is 0 Å². The van der Waals surface area contributed by atoms with Crippen molar-refractivity contribution >= 4 is 34.7 Å². The zero-order valence-electron chi connectivity index (χ0n) is 11.7. The van der Waals surface area contributed by atoms with E-state index in [9.17, 15) is 19.2 Å². The lowest BCUT2D eigenvalue weighted by atomic mass is 10.2. The first-order chi connectivity index (χ1) is 10.3. The van der Waals surface area contributed by atoms with Crippen LogP contribution >= 0.6 is 11.8 Å². The average molecular weight is 322 g/mol. The van der Waals surface area contributed by atoms with Crippen molar-refractivity contribution in [3.63, 3.8) is 0 Å². The maximum Gasteiger partial charge on any atom is 0.352 e. The molecule has 0 bridgehead atoms. The molecule has 1 aromatic rings. The van der Waals surface area contributed by atoms with Gasteiger partial charge < -0.3 is 16.2 Å². The molecule has 0 aliphatic rings. The lowest BCUT2D eigenvalue weighted by Crippen LogP contribution is -2.32. The fraction of sp³-hybridized carbons (Fsp3) is 0.143. The summed E-state index contributed by atoms with van der Waals surface area (Å²) in [6, 6.07) is 8.34. The van der Waals surface area contributed by atoms with Gasteiger partial charge in [-0.25, -0.2) is 4.79 Å². The molecular formula is C14H14N2O5S. The van der Waals surface area contributed by atoms with E-state index in [0.29, 0.717) is 5.56 Å². The summed E-state index contributed by atoms with van der Waals surface area (Å²) in [6.45, 7) is 1.19. The number of carboxylic acid groups (broad SMARTS) is 1. The topological polar surface area (TPSA) is 127 Å². The van der Waals surface area contributed by atoms with Crippen LogP contribution in [0.1, 0.15) is 17.3 Å². The smallest absolute Gasteiger partial charge is 0.352 e. The van der Waals surface area contributed by atoms with Gasteiger partial charge in [0.1, 0.15) is 5.70 Å². The predicted octanol–water partition coefficient (Wildman–Crippen LogP) is 0.520. The SMILES string of the molecule is CC(C(N)=O)=C(NC(=O)CSC(=O)c1ccccc1)C(=O)O. The molecular weight excluding hydrogens is 308 g/mol. The van der Waals surface area contributed by atoms with Crippen LogP contribution < -0.4 is 11.1 Å². The van der Waals surface area contributed by atoms with Gasteiger partial charge >= 0.3 is 5.97 Å². The van der Waals surface area contributed by atoms with Gasteiger partial charge in [-0.1, -0.05) is 42.1 Å². The lowest BCUT2D eigenvalue weighted by molar-refractivity contribution is -0.134. The summed E-state index contributed by atoms with van der Waals surface area (Å²) in [5.74, 6) is -3.43. The quantitative estimate of drug-likeness (QED) is 0.655. The van der Waals surface area contributed by atoms with Crippen molar-refractivity contribution in [2.45, 2.75) is 6.92 Å². The van der Waals surface area contributed by atoms with Gasteiger partial charge in [0.15, 0.2) is 0 Å². The second-order valence-electron chi connectivity index (χ2n) is 4.16. The summed E-state index contributed by atoms with van der Waals surface area (Å²) in [6.07, 6.45) is 0. The Labute approximate surface area is 130 Å². The summed E-state index contributed by atoms with van der Waals surface area (Å²) in [7, 11) is 0. The van der Waals surface area contributed by atoms with Gasteiger partial charge in [0.25, 0.3) is 0 Å². The van der Waals surface area contributed by atoms with Crippen molar-refractivity contribution < 1.29 is 24.3 Å². The normalized spacial score (nSPS) is 11.3. The van der Waals surface area contributed by atoms with E-state index < -0.39 is 23.5 Å². The molecule has 0 aliphatic heterocycles. The van der Waals surface area contributed by atoms with Gasteiger partial charge in [-0.2, -0.15) is 0 Å². The van der Waals surface area contributed by atoms with Crippen LogP contribution in [0.15, 0.2) is 41.6 Å². The minimum Gasteiger partial charge on any atom is -0.477 e. The monoisotopic (exact) mass is 322 g/mol. The van der Waals surface area contributed by atoms with Crippen molar-refractivity contribution in [3.05, 3.63) is 47.2 Å². The molecule has 0 aliphatic carbocycles. The number of carboxylic acids is 1. The van der Waals surface area contributed by atoms with Crippen molar-refractivity contribution in [3.8, 4) is 0 Å². The number of nitrogens with two attached hydrogens (primary N) is 1. The van der Waals surface area contributed by atoms with Crippen LogP contribution in [0.4, 0.5) is 0 Å². The maximum absolute atomic E-state index is 11.8. The van der Waals surface area contributed by atoms with E-state index in [1.807, 2.05) is 0 Å². The van der Waals surface area contributed by atoms with E-state index in [1.165, 1.54) is 6.92 Å². The molecule has 0 heterocycles. The van der Waals surface area contributed by atoms with Crippen LogP contribution in [-0.4, -0.2) is 33.8 Å². The summed E-state index contributed by atoms with van der Waals surface area (Å²) in [5.41, 5.74) is 4.54. The molecule has 0 fully saturated rings. The molecule has 7 nitrogen and oxygen atoms in total. The Morgan fingerprint density at radius 1 is 1.18 bits per heavy atom. The van der Waals surface area contributed by atoms with Crippen molar-refractivity contribution in [1.82, 2.24) is 5.32 Å². The molecule has 1 aromatic carbocycles. The van der Waals surface area contributed by atoms with Gasteiger partial charge in [-0.15, -0.1) is 0 Å². The Balaban J connectivity index is 2.66. The van der Waals surface area contributed by atoms with Gasteiger partial charge in [0, 0.05) is 11.1 Å². The second kappa shape index (κ2) is 7.99. The third-order valence-corrected chi connectivity index (χ3v) is 3.47. The third kappa shape index (κ3) is 5.06. The molecule has 0 atom stereocenters. The van der Waals surface area contributed by atoms with E-state index >= 15 is 0 Å². The van der Waals surface area contributed by atoms with Crippen LogP contribution in [0, 0.1) is 0 Å². The Morgan fingerprint density at radius 3 is 2.27 bits per heavy atom. The molecule has 22 heavy (non-hydrogen) atoms. The third-order valence-electron chi connectivity index (χ3n) is 2.57. The summed E-state index contributed by atoms with van der Waals surface area (Å²) < 4.78 is 0. The van der Waals surface area contributed by atoms with E-state index in [-0.39, 0.29) is 16.4 Å². The number of carbonyl (C=O) groups is 4. The molecule has 0 aromatic heterocycles. The summed E-state index contributed by atoms with van der Waals surface area (Å²) >= 11 is 0.729. The molecule has 8 heteroatoms. The first kappa shape index (κ1) is 17.4. The standard InChI is InChI=1S/C14H14N2O5S/c1-8(12(15)18)11(13(19)20)16-10(17)7-22-14(21)9-5-3-2-4-6-9/h2-6H,7H2,1H3,(H2,15,18)(H,16,17)(H,19,20). The fourth-order valence-corrected chi connectivity index (χ4v) is 2.03. The lowest BCUT2D eigenvalue weighted by Gasteiger charge is -2.08. The van der Waals surface area contributed by atoms with Crippen molar-refractivity contribution in [2.24, 2.45) is 5.73 Å². The fourth-order valence-electron chi connectivity index (χ4n) is 1.39. The van der Waals surface area contributed by atoms with Crippen LogP contribution in [0.2, 0.25) is 0 Å². The van der Waals surface area contributed by atoms with Crippen LogP contribution in [-0.2, 0) is 14.4 Å². The molecule has 0 saturated heterocycles. The summed E-state index contributed by atoms with van der Waals surface area (Å²) in [4.78, 5) is 45.4. The van der Waals surface area contributed by atoms with Gasteiger partial charge in [0.05, 0.1) is 5.75 Å². The highest BCUT2D eigenvalue weighted by Crippen LogP contribution is 2.12. The van der Waals surface area contributed by atoms with E-state index in [2.05, 4.69) is 5.32 Å². The van der Waals surface area contributed by atoms with Gasteiger partial charge in [0.2, 0.25) is 16.9 Å². The number of thioether (sulfide) groups is 1. The first-order valence-electron chi connectivity index (χ1n) is 6.09. The summed E-state index contributed by atoms with van der Waals surface area (Å²) in [5, 5.41) is 10.7. The number of aliphatic carboxylic acids is 1. The first-order valence-corrected chi connectivity index (χ1v) is 7.07. The Hall–Kier alpha value is -2.61. The minimum absolute atomic E-state index is 0.278. The number of carbonyl (C=O) groups excluding carboxylic acids is 3. The van der Waals surface area contributed by atoms with E-state index in [4.69, 9.17) is 10.8 Å². The zero-order chi connectivity index (χ0) is 16.7. The minimum atomic E-state index is -1.48. The molecule has 0 spiro atoms. The van der Waals surface area contributed by atoms with Crippen molar-refractivity contribution in [1.29, 1.82) is 0 Å². The van der Waals surface area contributed by atoms with Crippen molar-refractivity contribution in [2.75, 3.05) is 5.75 Å². The number of amides is 2. The zero-order valence-corrected chi connectivity index (χ0v) is 12.5. The largest absolute Gasteiger partial charge is 0.477 e. The van der Waals surface area contributed by atoms with Gasteiger partial charge in [-0.05, 0) is 6.92 Å². The molecule has 0 radical (unpaired) electrons. The molecule has 0 unspecified atom stereocenters. The van der Waals surface area contributed by atoms with Gasteiger partial charge in [-0.3, -0.25) is 14.4 Å². The average Bonchev–Trinajstić information content (AvgIpc) is 2.50. The molecule has 0 saturated carbocycles. The number of rotatable bonds is 6. The molecule has 1 rings (SSSR count). The number of hydrogen-bond acceptors (Lipinski definition) is 5. The van der Waals surface area contributed by atoms with E-state index in [1.54, 1.807) is 30.3 Å². The molecule has 116 valence electrons. The molecule has 4 N–H and O–H groups in total. The Kier molecular flexibility index (Phi) is 6.33. The maximum atomic E-state index is 11.8. The number of hydrogen-bond donors (Lipinski definition) is 3. The number of primary amides is 1. The Morgan fingerprint density at radius 2 is 1.77 bits per heavy atom. The van der Waals surface area contributed by atoms with E-state index in [0.717, 1.165) is 11.8 Å². The number of nitrogens with one attached hydrogen (secondary N) is 1. The van der Waals surface area contributed by atoms with Crippen LogP contribution in [0.25, 0.3) is 0 Å². The highest BCUT2D eigenvalue weighted by molar-refractivity contribution is 8.14. The van der Waals surface area contributed by atoms with Crippen LogP contribution in [0.3, 0.4) is 0 Å². The predicted molar refractivity (Wildman–Crippen MR) is 80.9 cm³/mol. The highest BCUT2D eigenvalue weighted by Gasteiger charge is 2.18. The Bertz CT molecular complexity index is 640.